The molecule has 1 aromatic heterocycles. The van der Waals surface area contributed by atoms with Crippen LogP contribution < -0.4 is 5.32 Å². The topological polar surface area (TPSA) is 84.2 Å². The van der Waals surface area contributed by atoms with E-state index in [-0.39, 0.29) is 12.3 Å². The number of hydrogen-bond donors (Lipinski definition) is 2. The highest BCUT2D eigenvalue weighted by atomic mass is 79.9. The van der Waals surface area contributed by atoms with Gasteiger partial charge in [0.2, 0.25) is 0 Å². The van der Waals surface area contributed by atoms with Crippen LogP contribution in [-0.2, 0) is 17.8 Å². The number of carbonyl (C=O) groups is 2. The largest absolute Gasteiger partial charge is 0.481 e. The van der Waals surface area contributed by atoms with Gasteiger partial charge in [0, 0.05) is 11.0 Å². The second-order valence-corrected chi connectivity index (χ2v) is 6.78. The number of fused-ring (bicyclic) bond motifs is 1. The van der Waals surface area contributed by atoms with Crippen molar-refractivity contribution in [2.24, 2.45) is 0 Å². The predicted molar refractivity (Wildman–Crippen MR) is 91.8 cm³/mol. The van der Waals surface area contributed by atoms with Crippen LogP contribution in [0.4, 0.5) is 0 Å². The Morgan fingerprint density at radius 1 is 1.38 bits per heavy atom. The van der Waals surface area contributed by atoms with Gasteiger partial charge in [-0.05, 0) is 37.0 Å². The summed E-state index contributed by atoms with van der Waals surface area (Å²) in [5, 5.41) is 16.3. The third-order valence-corrected chi connectivity index (χ3v) is 4.66. The molecule has 0 fully saturated rings. The van der Waals surface area contributed by atoms with Gasteiger partial charge in [0.1, 0.15) is 0 Å². The Balaban J connectivity index is 1.83. The Hall–Kier alpha value is -2.15. The number of benzene rings is 1. The number of nitrogens with zero attached hydrogens (tertiary/aromatic N) is 2. The number of carboxylic acids is 1. The summed E-state index contributed by atoms with van der Waals surface area (Å²) in [5.74, 6) is -1.23. The van der Waals surface area contributed by atoms with Crippen LogP contribution in [0.15, 0.2) is 34.9 Å². The molecule has 0 bridgehead atoms. The zero-order chi connectivity index (χ0) is 17.1. The molecule has 1 aliphatic heterocycles. The first kappa shape index (κ1) is 16.7. The van der Waals surface area contributed by atoms with E-state index < -0.39 is 12.0 Å². The molecule has 1 amide bonds. The first-order valence-corrected chi connectivity index (χ1v) is 8.66. The molecule has 1 unspecified atom stereocenters. The van der Waals surface area contributed by atoms with Gasteiger partial charge >= 0.3 is 5.97 Å². The summed E-state index contributed by atoms with van der Waals surface area (Å²) in [7, 11) is 0. The van der Waals surface area contributed by atoms with Crippen LogP contribution in [-0.4, -0.2) is 26.8 Å². The van der Waals surface area contributed by atoms with Crippen LogP contribution in [0.25, 0.3) is 0 Å². The zero-order valence-electron chi connectivity index (χ0n) is 13.0. The van der Waals surface area contributed by atoms with Crippen molar-refractivity contribution in [2.45, 2.75) is 38.3 Å². The van der Waals surface area contributed by atoms with E-state index in [1.54, 1.807) is 6.20 Å². The summed E-state index contributed by atoms with van der Waals surface area (Å²) in [5.41, 5.74) is 2.23. The molecule has 0 spiro atoms. The van der Waals surface area contributed by atoms with E-state index in [2.05, 4.69) is 26.3 Å². The van der Waals surface area contributed by atoms with Crippen molar-refractivity contribution in [3.63, 3.8) is 0 Å². The molecule has 0 radical (unpaired) electrons. The lowest BCUT2D eigenvalue weighted by Crippen LogP contribution is -2.31. The lowest BCUT2D eigenvalue weighted by Gasteiger charge is -2.19. The van der Waals surface area contributed by atoms with Crippen molar-refractivity contribution in [3.8, 4) is 0 Å². The highest BCUT2D eigenvalue weighted by Crippen LogP contribution is 2.23. The Morgan fingerprint density at radius 3 is 2.96 bits per heavy atom. The van der Waals surface area contributed by atoms with Crippen molar-refractivity contribution < 1.29 is 14.7 Å². The lowest BCUT2D eigenvalue weighted by atomic mass is 10.0. The molecule has 2 heterocycles. The number of aryl methyl sites for hydroxylation is 1. The molecule has 1 atom stereocenters. The number of nitrogens with one attached hydrogen (secondary N) is 1. The number of halogens is 1. The number of carboxylic acid groups (broad SMARTS) is 1. The van der Waals surface area contributed by atoms with E-state index in [0.29, 0.717) is 5.56 Å². The van der Waals surface area contributed by atoms with Gasteiger partial charge in [-0.3, -0.25) is 14.3 Å². The van der Waals surface area contributed by atoms with Gasteiger partial charge in [-0.25, -0.2) is 0 Å². The van der Waals surface area contributed by atoms with Gasteiger partial charge in [0.25, 0.3) is 5.91 Å². The summed E-state index contributed by atoms with van der Waals surface area (Å²) in [6.45, 7) is 0.826. The van der Waals surface area contributed by atoms with Crippen LogP contribution in [0.1, 0.15) is 46.9 Å². The molecule has 0 saturated carbocycles. The lowest BCUT2D eigenvalue weighted by molar-refractivity contribution is -0.137. The maximum absolute atomic E-state index is 12.7. The number of carbonyl (C=O) groups excluding carboxylic acids is 1. The number of amides is 1. The van der Waals surface area contributed by atoms with E-state index in [1.807, 2.05) is 28.9 Å². The molecule has 1 aromatic carbocycles. The standard InChI is InChI=1S/C17H18BrN3O3/c18-12-5-3-4-11(8-12)14(9-16(22)23)20-17(24)13-10-19-21-7-2-1-6-15(13)21/h3-5,8,10,14H,1-2,6-7,9H2,(H,20,24)(H,22,23). The minimum absolute atomic E-state index is 0.175. The minimum atomic E-state index is -0.961. The SMILES string of the molecule is O=C(O)CC(NC(=O)c1cnn2c1CCCC2)c1cccc(Br)c1. The number of rotatable bonds is 5. The average Bonchev–Trinajstić information content (AvgIpc) is 2.98. The van der Waals surface area contributed by atoms with Crippen molar-refractivity contribution in [3.05, 3.63) is 51.8 Å². The first-order valence-electron chi connectivity index (χ1n) is 7.87. The maximum atomic E-state index is 12.7. The highest BCUT2D eigenvalue weighted by molar-refractivity contribution is 9.10. The fraction of sp³-hybridized carbons (Fsp3) is 0.353. The van der Waals surface area contributed by atoms with Crippen LogP contribution >= 0.6 is 15.9 Å². The third-order valence-electron chi connectivity index (χ3n) is 4.16. The number of hydrogen-bond acceptors (Lipinski definition) is 3. The van der Waals surface area contributed by atoms with Crippen LogP contribution in [0, 0.1) is 0 Å². The number of aliphatic carboxylic acids is 1. The molecule has 24 heavy (non-hydrogen) atoms. The molecule has 126 valence electrons. The van der Waals surface area contributed by atoms with E-state index in [9.17, 15) is 14.7 Å². The molecule has 2 N–H and O–H groups in total. The summed E-state index contributed by atoms with van der Waals surface area (Å²) in [6, 6.07) is 6.72. The van der Waals surface area contributed by atoms with E-state index >= 15 is 0 Å². The highest BCUT2D eigenvalue weighted by Gasteiger charge is 2.24. The molecular formula is C17H18BrN3O3. The van der Waals surface area contributed by atoms with Crippen molar-refractivity contribution >= 4 is 27.8 Å². The second-order valence-electron chi connectivity index (χ2n) is 5.86. The Morgan fingerprint density at radius 2 is 2.21 bits per heavy atom. The summed E-state index contributed by atoms with van der Waals surface area (Å²) in [6.07, 6.45) is 4.33. The molecular weight excluding hydrogens is 374 g/mol. The summed E-state index contributed by atoms with van der Waals surface area (Å²) < 4.78 is 2.71. The molecule has 2 aromatic rings. The molecule has 6 nitrogen and oxygen atoms in total. The molecule has 7 heteroatoms. The molecule has 0 aliphatic carbocycles. The fourth-order valence-electron chi connectivity index (χ4n) is 3.00. The Kier molecular flexibility index (Phi) is 4.99. The van der Waals surface area contributed by atoms with Gasteiger partial charge in [0.05, 0.1) is 29.9 Å². The van der Waals surface area contributed by atoms with Crippen molar-refractivity contribution in [1.82, 2.24) is 15.1 Å². The zero-order valence-corrected chi connectivity index (χ0v) is 14.6. The van der Waals surface area contributed by atoms with Crippen molar-refractivity contribution in [1.29, 1.82) is 0 Å². The van der Waals surface area contributed by atoms with Gasteiger partial charge in [-0.1, -0.05) is 28.1 Å². The molecule has 0 saturated heterocycles. The quantitative estimate of drug-likeness (QED) is 0.820. The smallest absolute Gasteiger partial charge is 0.305 e. The third kappa shape index (κ3) is 3.67. The van der Waals surface area contributed by atoms with E-state index in [4.69, 9.17) is 0 Å². The monoisotopic (exact) mass is 391 g/mol. The van der Waals surface area contributed by atoms with Gasteiger partial charge < -0.3 is 10.4 Å². The minimum Gasteiger partial charge on any atom is -0.481 e. The summed E-state index contributed by atoms with van der Waals surface area (Å²) in [4.78, 5) is 23.8. The van der Waals surface area contributed by atoms with Crippen molar-refractivity contribution in [2.75, 3.05) is 0 Å². The first-order chi connectivity index (χ1) is 11.5. The fourth-order valence-corrected chi connectivity index (χ4v) is 3.41. The normalized spacial score (nSPS) is 14.7. The van der Waals surface area contributed by atoms with E-state index in [0.717, 1.165) is 41.5 Å². The van der Waals surface area contributed by atoms with Gasteiger partial charge in [-0.2, -0.15) is 5.10 Å². The van der Waals surface area contributed by atoms with Gasteiger partial charge in [0.15, 0.2) is 0 Å². The maximum Gasteiger partial charge on any atom is 0.305 e. The second kappa shape index (κ2) is 7.17. The average molecular weight is 392 g/mol. The molecule has 3 rings (SSSR count). The van der Waals surface area contributed by atoms with Gasteiger partial charge in [-0.15, -0.1) is 0 Å². The van der Waals surface area contributed by atoms with Crippen LogP contribution in [0.2, 0.25) is 0 Å². The molecule has 1 aliphatic rings. The van der Waals surface area contributed by atoms with E-state index in [1.165, 1.54) is 0 Å². The Bertz CT molecular complexity index is 772. The predicted octanol–water partition coefficient (Wildman–Crippen LogP) is 2.93. The Labute approximate surface area is 148 Å². The summed E-state index contributed by atoms with van der Waals surface area (Å²) >= 11 is 3.38. The van der Waals surface area contributed by atoms with Crippen LogP contribution in [0.3, 0.4) is 0 Å². The number of aromatic nitrogens is 2. The van der Waals surface area contributed by atoms with Crippen LogP contribution in [0.5, 0.6) is 0 Å².